The van der Waals surface area contributed by atoms with Gasteiger partial charge in [0.05, 0.1) is 25.3 Å². The maximum atomic E-state index is 9.68. The monoisotopic (exact) mass is 363 g/mol. The van der Waals surface area contributed by atoms with Crippen molar-refractivity contribution < 1.29 is 19.3 Å². The average molecular weight is 363 g/mol. The van der Waals surface area contributed by atoms with Crippen LogP contribution in [-0.2, 0) is 14.2 Å². The van der Waals surface area contributed by atoms with E-state index in [4.69, 9.17) is 14.2 Å². The highest BCUT2D eigenvalue weighted by atomic mass is 16.8. The molecule has 26 heavy (non-hydrogen) atoms. The van der Waals surface area contributed by atoms with Gasteiger partial charge in [0.2, 0.25) is 0 Å². The minimum absolute atomic E-state index is 0.123. The van der Waals surface area contributed by atoms with Crippen molar-refractivity contribution in [2.45, 2.75) is 50.3 Å². The molecule has 1 aromatic heterocycles. The van der Waals surface area contributed by atoms with Crippen LogP contribution in [0.1, 0.15) is 20.0 Å². The summed E-state index contributed by atoms with van der Waals surface area (Å²) in [6.45, 7) is 4.15. The van der Waals surface area contributed by atoms with Gasteiger partial charge in [0, 0.05) is 0 Å². The summed E-state index contributed by atoms with van der Waals surface area (Å²) in [6, 6.07) is 0. The van der Waals surface area contributed by atoms with Gasteiger partial charge >= 0.3 is 0 Å². The first-order valence-corrected chi connectivity index (χ1v) is 8.56. The van der Waals surface area contributed by atoms with Gasteiger partial charge in [0.25, 0.3) is 0 Å². The van der Waals surface area contributed by atoms with Crippen LogP contribution in [0.2, 0.25) is 0 Å². The Morgan fingerprint density at radius 3 is 2.81 bits per heavy atom. The van der Waals surface area contributed by atoms with Crippen LogP contribution in [0.5, 0.6) is 0 Å². The summed E-state index contributed by atoms with van der Waals surface area (Å²) in [7, 11) is 0. The Balaban J connectivity index is 1.44. The van der Waals surface area contributed by atoms with Crippen LogP contribution in [0.15, 0.2) is 29.2 Å². The molecule has 0 aliphatic carbocycles. The number of hydrogen-bond acceptors (Lipinski definition) is 10. The number of ether oxygens (including phenoxy) is 3. The fraction of sp³-hybridized carbons (Fsp3) is 0.667. The van der Waals surface area contributed by atoms with Gasteiger partial charge in [0.15, 0.2) is 18.2 Å². The third kappa shape index (κ3) is 2.31. The number of aromatic nitrogens is 3. The van der Waals surface area contributed by atoms with Crippen molar-refractivity contribution in [1.29, 1.82) is 0 Å². The van der Waals surface area contributed by atoms with Gasteiger partial charge in [-0.1, -0.05) is 0 Å². The molecule has 0 amide bonds. The minimum atomic E-state index is -0.707. The van der Waals surface area contributed by atoms with Gasteiger partial charge in [0.1, 0.15) is 36.8 Å². The maximum Gasteiger partial charge on any atom is 0.172 e. The SMILES string of the molecule is CC1(C)OC2C(CO)OC(N3CNC4=C3NC=NC4n3cnnc3)C2O1. The molecule has 0 radical (unpaired) electrons. The normalized spacial score (nSPS) is 37.5. The van der Waals surface area contributed by atoms with E-state index in [0.29, 0.717) is 6.67 Å². The van der Waals surface area contributed by atoms with Crippen LogP contribution in [0, 0.1) is 0 Å². The lowest BCUT2D eigenvalue weighted by molar-refractivity contribution is -0.206. The summed E-state index contributed by atoms with van der Waals surface area (Å²) in [4.78, 5) is 6.50. The van der Waals surface area contributed by atoms with Gasteiger partial charge in [-0.25, -0.2) is 4.99 Å². The Hall–Kier alpha value is -2.21. The molecule has 4 aliphatic heterocycles. The number of nitrogens with one attached hydrogen (secondary N) is 2. The lowest BCUT2D eigenvalue weighted by atomic mass is 10.1. The zero-order chi connectivity index (χ0) is 17.9. The Labute approximate surface area is 149 Å². The molecule has 11 heteroatoms. The van der Waals surface area contributed by atoms with Crippen molar-refractivity contribution in [2.24, 2.45) is 4.99 Å². The molecule has 0 saturated carbocycles. The van der Waals surface area contributed by atoms with Crippen LogP contribution in [0.25, 0.3) is 0 Å². The number of rotatable bonds is 3. The predicted molar refractivity (Wildman–Crippen MR) is 87.1 cm³/mol. The van der Waals surface area contributed by atoms with Crippen molar-refractivity contribution in [1.82, 2.24) is 30.3 Å². The summed E-state index contributed by atoms with van der Waals surface area (Å²) >= 11 is 0. The molecule has 4 aliphatic rings. The van der Waals surface area contributed by atoms with E-state index in [1.54, 1.807) is 19.0 Å². The zero-order valence-corrected chi connectivity index (χ0v) is 14.4. The minimum Gasteiger partial charge on any atom is -0.394 e. The standard InChI is InChI=1S/C15H21N7O4/c1-15(2)25-10-8(3-23)24-14(11(10)26-15)22-5-18-9-12(16-4-17-13(9)22)21-6-19-20-7-21/h4,6-8,10-12,14,18,23H,3,5H2,1-2H3,(H,16,17). The molecule has 0 bridgehead atoms. The van der Waals surface area contributed by atoms with E-state index < -0.39 is 11.9 Å². The lowest BCUT2D eigenvalue weighted by Crippen LogP contribution is -2.46. The molecule has 11 nitrogen and oxygen atoms in total. The van der Waals surface area contributed by atoms with Gasteiger partial charge in [-0.05, 0) is 13.8 Å². The van der Waals surface area contributed by atoms with Crippen molar-refractivity contribution >= 4 is 6.34 Å². The predicted octanol–water partition coefficient (Wildman–Crippen LogP) is -1.32. The first-order valence-electron chi connectivity index (χ1n) is 8.56. The molecule has 0 aromatic carbocycles. The lowest BCUT2D eigenvalue weighted by Gasteiger charge is -2.32. The molecular formula is C15H21N7O4. The van der Waals surface area contributed by atoms with Crippen molar-refractivity contribution in [2.75, 3.05) is 13.3 Å². The molecule has 1 aromatic rings. The van der Waals surface area contributed by atoms with Crippen LogP contribution < -0.4 is 10.6 Å². The third-order valence-corrected chi connectivity index (χ3v) is 4.99. The quantitative estimate of drug-likeness (QED) is 0.601. The molecule has 3 N–H and O–H groups in total. The van der Waals surface area contributed by atoms with Crippen LogP contribution in [0.3, 0.4) is 0 Å². The summed E-state index contributed by atoms with van der Waals surface area (Å²) in [5.41, 5.74) is 0.901. The molecule has 2 saturated heterocycles. The fourth-order valence-electron chi connectivity index (χ4n) is 3.94. The molecule has 5 rings (SSSR count). The fourth-order valence-corrected chi connectivity index (χ4v) is 3.94. The number of aliphatic imine (C=N–C) groups is 1. The Bertz CT molecular complexity index is 749. The first-order chi connectivity index (χ1) is 12.6. The van der Waals surface area contributed by atoms with Gasteiger partial charge in [-0.3, -0.25) is 4.57 Å². The van der Waals surface area contributed by atoms with E-state index >= 15 is 0 Å². The maximum absolute atomic E-state index is 9.68. The molecule has 140 valence electrons. The molecule has 5 atom stereocenters. The highest BCUT2D eigenvalue weighted by Crippen LogP contribution is 2.41. The number of aliphatic hydroxyl groups is 1. The number of nitrogens with zero attached hydrogens (tertiary/aromatic N) is 5. The second-order valence-corrected chi connectivity index (χ2v) is 7.08. The van der Waals surface area contributed by atoms with Gasteiger partial charge in [-0.2, -0.15) is 0 Å². The molecule has 0 spiro atoms. The number of fused-ring (bicyclic) bond motifs is 1. The third-order valence-electron chi connectivity index (χ3n) is 4.99. The first kappa shape index (κ1) is 16.0. The van der Waals surface area contributed by atoms with Gasteiger partial charge < -0.3 is 34.9 Å². The topological polar surface area (TPSA) is 118 Å². The summed E-state index contributed by atoms with van der Waals surface area (Å²) in [5, 5.41) is 24.0. The van der Waals surface area contributed by atoms with E-state index in [1.807, 2.05) is 23.3 Å². The summed E-state index contributed by atoms with van der Waals surface area (Å²) in [5.74, 6) is 0.149. The molecule has 5 unspecified atom stereocenters. The van der Waals surface area contributed by atoms with Crippen molar-refractivity contribution in [3.63, 3.8) is 0 Å². The van der Waals surface area contributed by atoms with E-state index in [2.05, 4.69) is 25.8 Å². The average Bonchev–Trinajstić information content (AvgIpc) is 3.36. The van der Waals surface area contributed by atoms with E-state index in [1.165, 1.54) is 0 Å². The molecular weight excluding hydrogens is 342 g/mol. The van der Waals surface area contributed by atoms with Gasteiger partial charge in [-0.15, -0.1) is 10.2 Å². The van der Waals surface area contributed by atoms with E-state index in [0.717, 1.165) is 11.5 Å². The highest BCUT2D eigenvalue weighted by molar-refractivity contribution is 5.60. The Kier molecular flexibility index (Phi) is 3.47. The van der Waals surface area contributed by atoms with E-state index in [9.17, 15) is 5.11 Å². The van der Waals surface area contributed by atoms with Crippen LogP contribution in [0.4, 0.5) is 0 Å². The van der Waals surface area contributed by atoms with Crippen LogP contribution >= 0.6 is 0 Å². The molecule has 2 fully saturated rings. The second-order valence-electron chi connectivity index (χ2n) is 7.08. The summed E-state index contributed by atoms with van der Waals surface area (Å²) in [6.07, 6.45) is 3.21. The van der Waals surface area contributed by atoms with Crippen molar-refractivity contribution in [3.05, 3.63) is 24.2 Å². The Morgan fingerprint density at radius 2 is 2.04 bits per heavy atom. The second kappa shape index (κ2) is 5.64. The van der Waals surface area contributed by atoms with E-state index in [-0.39, 0.29) is 31.2 Å². The Morgan fingerprint density at radius 1 is 1.27 bits per heavy atom. The number of hydrogen-bond donors (Lipinski definition) is 3. The van der Waals surface area contributed by atoms with Crippen molar-refractivity contribution in [3.8, 4) is 0 Å². The smallest absolute Gasteiger partial charge is 0.172 e. The largest absolute Gasteiger partial charge is 0.394 e. The molecule has 5 heterocycles. The zero-order valence-electron chi connectivity index (χ0n) is 14.4. The number of aliphatic hydroxyl groups excluding tert-OH is 1. The van der Waals surface area contributed by atoms with Crippen LogP contribution in [-0.4, -0.2) is 74.7 Å². The summed E-state index contributed by atoms with van der Waals surface area (Å²) < 4.78 is 19.9. The highest BCUT2D eigenvalue weighted by Gasteiger charge is 2.57.